The van der Waals surface area contributed by atoms with Crippen LogP contribution >= 0.6 is 0 Å². The van der Waals surface area contributed by atoms with E-state index in [9.17, 15) is 13.2 Å². The molecule has 1 aromatic carbocycles. The lowest BCUT2D eigenvalue weighted by Gasteiger charge is -2.26. The van der Waals surface area contributed by atoms with Crippen LogP contribution in [-0.2, 0) is 17.5 Å². The molecule has 1 saturated heterocycles. The molecule has 0 atom stereocenters. The summed E-state index contributed by atoms with van der Waals surface area (Å²) in [6, 6.07) is 8.66. The van der Waals surface area contributed by atoms with Gasteiger partial charge in [-0.25, -0.2) is 0 Å². The lowest BCUT2D eigenvalue weighted by molar-refractivity contribution is -0.137. The van der Waals surface area contributed by atoms with Gasteiger partial charge in [-0.15, -0.1) is 0 Å². The number of benzene rings is 1. The number of hydrogen-bond donors (Lipinski definition) is 1. The lowest BCUT2D eigenvalue weighted by Crippen LogP contribution is -3.00. The van der Waals surface area contributed by atoms with Gasteiger partial charge in [0, 0.05) is 31.7 Å². The minimum atomic E-state index is -4.35. The van der Waals surface area contributed by atoms with Gasteiger partial charge < -0.3 is 39.3 Å². The summed E-state index contributed by atoms with van der Waals surface area (Å²) >= 11 is 0. The molecule has 3 rings (SSSR count). The average molecular weight is 425 g/mol. The Labute approximate surface area is 168 Å². The van der Waals surface area contributed by atoms with Crippen molar-refractivity contribution in [1.29, 1.82) is 0 Å². The third-order valence-corrected chi connectivity index (χ3v) is 4.14. The number of nitrogens with one attached hydrogen (secondary N) is 1. The van der Waals surface area contributed by atoms with Gasteiger partial charge in [-0.05, 0) is 24.3 Å². The standard InChI is InChI=1S/C18H21F3N2O2.2ClH/c19-18(20,21)15-3-1-2-14(12-15)17-5-4-16(25-17)13-22-6-7-23-8-10-24-11-9-23;;/h1-5,12,22H,6-11,13H2;2*1H/p-2. The summed E-state index contributed by atoms with van der Waals surface area (Å²) in [4.78, 5) is 2.33. The summed E-state index contributed by atoms with van der Waals surface area (Å²) in [5.41, 5.74) is -0.249. The maximum Gasteiger partial charge on any atom is 0.416 e. The Bertz CT molecular complexity index is 689. The van der Waals surface area contributed by atoms with E-state index in [0.29, 0.717) is 23.6 Å². The summed E-state index contributed by atoms with van der Waals surface area (Å²) in [7, 11) is 0. The van der Waals surface area contributed by atoms with Gasteiger partial charge in [0.25, 0.3) is 0 Å². The Kier molecular flexibility index (Phi) is 9.62. The molecular formula is C18H21Cl2F3N2O2-2. The van der Waals surface area contributed by atoms with Crippen molar-refractivity contribution < 1.29 is 47.1 Å². The first-order valence-corrected chi connectivity index (χ1v) is 8.29. The lowest BCUT2D eigenvalue weighted by atomic mass is 10.1. The molecule has 1 aliphatic heterocycles. The molecule has 0 amide bonds. The minimum Gasteiger partial charge on any atom is -1.00 e. The maximum absolute atomic E-state index is 12.8. The van der Waals surface area contributed by atoms with Crippen molar-refractivity contribution in [3.05, 3.63) is 47.7 Å². The van der Waals surface area contributed by atoms with Crippen molar-refractivity contribution in [2.24, 2.45) is 0 Å². The molecule has 0 saturated carbocycles. The van der Waals surface area contributed by atoms with Crippen molar-refractivity contribution in [3.63, 3.8) is 0 Å². The maximum atomic E-state index is 12.8. The van der Waals surface area contributed by atoms with Gasteiger partial charge in [0.05, 0.1) is 25.3 Å². The largest absolute Gasteiger partial charge is 1.00 e. The molecule has 152 valence electrons. The molecule has 9 heteroatoms. The number of nitrogens with zero attached hydrogens (tertiary/aromatic N) is 1. The number of ether oxygens (including phenoxy) is 1. The molecule has 1 aromatic heterocycles. The van der Waals surface area contributed by atoms with Crippen LogP contribution in [0.2, 0.25) is 0 Å². The summed E-state index contributed by atoms with van der Waals surface area (Å²) in [5.74, 6) is 1.14. The molecule has 0 spiro atoms. The normalized spacial score (nSPS) is 15.1. The Morgan fingerprint density at radius 2 is 1.78 bits per heavy atom. The van der Waals surface area contributed by atoms with Crippen LogP contribution in [0.25, 0.3) is 11.3 Å². The Morgan fingerprint density at radius 3 is 2.48 bits per heavy atom. The van der Waals surface area contributed by atoms with Gasteiger partial charge in [-0.3, -0.25) is 4.90 Å². The highest BCUT2D eigenvalue weighted by molar-refractivity contribution is 5.58. The van der Waals surface area contributed by atoms with Crippen molar-refractivity contribution in [1.82, 2.24) is 10.2 Å². The monoisotopic (exact) mass is 424 g/mol. The van der Waals surface area contributed by atoms with E-state index in [2.05, 4.69) is 10.2 Å². The molecule has 0 radical (unpaired) electrons. The van der Waals surface area contributed by atoms with Gasteiger partial charge in [0.15, 0.2) is 0 Å². The Morgan fingerprint density at radius 1 is 1.04 bits per heavy atom. The highest BCUT2D eigenvalue weighted by Gasteiger charge is 2.30. The summed E-state index contributed by atoms with van der Waals surface area (Å²) in [5, 5.41) is 3.29. The molecule has 1 aliphatic rings. The topological polar surface area (TPSA) is 37.6 Å². The zero-order valence-electron chi connectivity index (χ0n) is 14.6. The van der Waals surface area contributed by atoms with Crippen LogP contribution in [0.1, 0.15) is 11.3 Å². The molecular weight excluding hydrogens is 404 g/mol. The van der Waals surface area contributed by atoms with Gasteiger partial charge in [-0.1, -0.05) is 12.1 Å². The van der Waals surface area contributed by atoms with Crippen LogP contribution in [0.3, 0.4) is 0 Å². The quantitative estimate of drug-likeness (QED) is 0.516. The molecule has 27 heavy (non-hydrogen) atoms. The highest BCUT2D eigenvalue weighted by Crippen LogP contribution is 2.32. The van der Waals surface area contributed by atoms with Gasteiger partial charge >= 0.3 is 6.18 Å². The summed E-state index contributed by atoms with van der Waals surface area (Å²) in [6.45, 7) is 5.74. The number of rotatable bonds is 6. The zero-order chi connectivity index (χ0) is 17.7. The van der Waals surface area contributed by atoms with Crippen molar-refractivity contribution in [3.8, 4) is 11.3 Å². The van der Waals surface area contributed by atoms with E-state index in [1.807, 2.05) is 0 Å². The molecule has 2 aromatic rings. The van der Waals surface area contributed by atoms with E-state index in [0.717, 1.165) is 51.5 Å². The Hall–Kier alpha value is -1.25. The molecule has 1 N–H and O–H groups in total. The molecule has 1 fully saturated rings. The first-order valence-electron chi connectivity index (χ1n) is 8.29. The third-order valence-electron chi connectivity index (χ3n) is 4.14. The second-order valence-electron chi connectivity index (χ2n) is 5.98. The first-order chi connectivity index (χ1) is 12.0. The molecule has 4 nitrogen and oxygen atoms in total. The molecule has 2 heterocycles. The fraction of sp³-hybridized carbons (Fsp3) is 0.444. The van der Waals surface area contributed by atoms with E-state index >= 15 is 0 Å². The van der Waals surface area contributed by atoms with E-state index in [-0.39, 0.29) is 24.8 Å². The number of furan rings is 1. The summed E-state index contributed by atoms with van der Waals surface area (Å²) < 4.78 is 49.4. The SMILES string of the molecule is FC(F)(F)c1cccc(-c2ccc(CNCCN3CCOCC3)o2)c1.[Cl-].[Cl-]. The number of halogens is 5. The first kappa shape index (κ1) is 23.8. The van der Waals surface area contributed by atoms with Crippen LogP contribution in [-0.4, -0.2) is 44.3 Å². The van der Waals surface area contributed by atoms with E-state index in [1.54, 1.807) is 18.2 Å². The van der Waals surface area contributed by atoms with Crippen LogP contribution in [0.15, 0.2) is 40.8 Å². The van der Waals surface area contributed by atoms with Crippen molar-refractivity contribution in [2.45, 2.75) is 12.7 Å². The van der Waals surface area contributed by atoms with Crippen LogP contribution in [0.4, 0.5) is 13.2 Å². The Balaban J connectivity index is 0.00000182. The fourth-order valence-electron chi connectivity index (χ4n) is 2.75. The number of alkyl halides is 3. The molecule has 0 unspecified atom stereocenters. The fourth-order valence-corrected chi connectivity index (χ4v) is 2.75. The second kappa shape index (κ2) is 10.9. The van der Waals surface area contributed by atoms with Gasteiger partial charge in [0.2, 0.25) is 0 Å². The van der Waals surface area contributed by atoms with Gasteiger partial charge in [0.1, 0.15) is 11.5 Å². The van der Waals surface area contributed by atoms with E-state index < -0.39 is 11.7 Å². The number of morpholine rings is 1. The van der Waals surface area contributed by atoms with Crippen molar-refractivity contribution in [2.75, 3.05) is 39.4 Å². The van der Waals surface area contributed by atoms with Crippen LogP contribution in [0.5, 0.6) is 0 Å². The summed E-state index contributed by atoms with van der Waals surface area (Å²) in [6.07, 6.45) is -4.35. The smallest absolute Gasteiger partial charge is 0.416 e. The minimum absolute atomic E-state index is 0. The highest BCUT2D eigenvalue weighted by atomic mass is 35.5. The van der Waals surface area contributed by atoms with Crippen LogP contribution < -0.4 is 30.1 Å². The zero-order valence-corrected chi connectivity index (χ0v) is 16.1. The predicted octanol–water partition coefficient (Wildman–Crippen LogP) is -2.60. The van der Waals surface area contributed by atoms with E-state index in [4.69, 9.17) is 9.15 Å². The molecule has 0 bridgehead atoms. The number of hydrogen-bond acceptors (Lipinski definition) is 4. The average Bonchev–Trinajstić information content (AvgIpc) is 3.08. The van der Waals surface area contributed by atoms with Gasteiger partial charge in [-0.2, -0.15) is 13.2 Å². The van der Waals surface area contributed by atoms with Crippen molar-refractivity contribution >= 4 is 0 Å². The van der Waals surface area contributed by atoms with E-state index in [1.165, 1.54) is 6.07 Å². The predicted molar refractivity (Wildman–Crippen MR) is 88.1 cm³/mol. The van der Waals surface area contributed by atoms with Crippen LogP contribution in [0, 0.1) is 0 Å². The molecule has 0 aliphatic carbocycles. The second-order valence-corrected chi connectivity index (χ2v) is 5.98. The third kappa shape index (κ3) is 7.01.